The summed E-state index contributed by atoms with van der Waals surface area (Å²) in [7, 11) is 1.56. The van der Waals surface area contributed by atoms with Crippen molar-refractivity contribution in [2.24, 2.45) is 0 Å². The van der Waals surface area contributed by atoms with E-state index in [1.165, 1.54) is 12.3 Å². The standard InChI is InChI=1S/C15H14FNO3/c1-19-8-9-20-14-5-3-2-4-12(14)15(18)11-6-7-17-10-13(11)16/h2-7,10H,8-9H2,1H3. The number of carbonyl (C=O) groups is 1. The number of ether oxygens (including phenoxy) is 2. The molecule has 2 rings (SSSR count). The molecule has 0 aliphatic heterocycles. The summed E-state index contributed by atoms with van der Waals surface area (Å²) in [5, 5.41) is 0. The van der Waals surface area contributed by atoms with Crippen LogP contribution in [0.5, 0.6) is 5.75 Å². The molecule has 20 heavy (non-hydrogen) atoms. The topological polar surface area (TPSA) is 48.4 Å². The van der Waals surface area contributed by atoms with Crippen LogP contribution in [0.4, 0.5) is 4.39 Å². The fraction of sp³-hybridized carbons (Fsp3) is 0.200. The van der Waals surface area contributed by atoms with E-state index in [1.807, 2.05) is 0 Å². The highest BCUT2D eigenvalue weighted by Crippen LogP contribution is 2.22. The minimum Gasteiger partial charge on any atom is -0.490 e. The van der Waals surface area contributed by atoms with Gasteiger partial charge < -0.3 is 9.47 Å². The van der Waals surface area contributed by atoms with Crippen molar-refractivity contribution >= 4 is 5.78 Å². The van der Waals surface area contributed by atoms with Crippen LogP contribution in [-0.4, -0.2) is 31.1 Å². The number of ketones is 1. The van der Waals surface area contributed by atoms with Gasteiger partial charge >= 0.3 is 0 Å². The van der Waals surface area contributed by atoms with E-state index in [9.17, 15) is 9.18 Å². The second kappa shape index (κ2) is 6.77. The van der Waals surface area contributed by atoms with Crippen LogP contribution < -0.4 is 4.74 Å². The Morgan fingerprint density at radius 2 is 2.00 bits per heavy atom. The van der Waals surface area contributed by atoms with Crippen molar-refractivity contribution in [3.8, 4) is 5.75 Å². The average Bonchev–Trinajstić information content (AvgIpc) is 2.48. The first-order chi connectivity index (χ1) is 9.74. The number of aromatic nitrogens is 1. The molecule has 0 radical (unpaired) electrons. The number of hydrogen-bond donors (Lipinski definition) is 0. The molecule has 4 nitrogen and oxygen atoms in total. The summed E-state index contributed by atoms with van der Waals surface area (Å²) in [6.07, 6.45) is 2.40. The van der Waals surface area contributed by atoms with Crippen LogP contribution in [0.25, 0.3) is 0 Å². The smallest absolute Gasteiger partial charge is 0.199 e. The zero-order valence-corrected chi connectivity index (χ0v) is 11.0. The summed E-state index contributed by atoms with van der Waals surface area (Å²) in [6, 6.07) is 8.08. The van der Waals surface area contributed by atoms with Gasteiger partial charge in [-0.25, -0.2) is 4.39 Å². The summed E-state index contributed by atoms with van der Waals surface area (Å²) in [5.41, 5.74) is 0.288. The van der Waals surface area contributed by atoms with Crippen molar-refractivity contribution < 1.29 is 18.7 Å². The number of hydrogen-bond acceptors (Lipinski definition) is 4. The van der Waals surface area contributed by atoms with Gasteiger partial charge in [0.15, 0.2) is 11.6 Å². The number of halogens is 1. The molecule has 0 spiro atoms. The molecule has 2 aromatic rings. The molecule has 0 N–H and O–H groups in total. The number of methoxy groups -OCH3 is 1. The molecule has 0 bridgehead atoms. The SMILES string of the molecule is COCCOc1ccccc1C(=O)c1ccncc1F. The van der Waals surface area contributed by atoms with E-state index >= 15 is 0 Å². The van der Waals surface area contributed by atoms with Gasteiger partial charge in [0.25, 0.3) is 0 Å². The summed E-state index contributed by atoms with van der Waals surface area (Å²) < 4.78 is 24.0. The van der Waals surface area contributed by atoms with E-state index in [0.717, 1.165) is 6.20 Å². The molecule has 0 saturated heterocycles. The maximum atomic E-state index is 13.6. The van der Waals surface area contributed by atoms with Crippen molar-refractivity contribution in [1.29, 1.82) is 0 Å². The monoisotopic (exact) mass is 275 g/mol. The number of para-hydroxylation sites is 1. The van der Waals surface area contributed by atoms with Crippen LogP contribution in [0.3, 0.4) is 0 Å². The second-order valence-corrected chi connectivity index (χ2v) is 4.02. The van der Waals surface area contributed by atoms with Gasteiger partial charge in [0.1, 0.15) is 12.4 Å². The van der Waals surface area contributed by atoms with E-state index in [2.05, 4.69) is 4.98 Å². The largest absolute Gasteiger partial charge is 0.490 e. The predicted molar refractivity (Wildman–Crippen MR) is 71.4 cm³/mol. The maximum Gasteiger partial charge on any atom is 0.199 e. The average molecular weight is 275 g/mol. The number of carbonyl (C=O) groups excluding carboxylic acids is 1. The fourth-order valence-corrected chi connectivity index (χ4v) is 1.72. The van der Waals surface area contributed by atoms with Crippen molar-refractivity contribution in [1.82, 2.24) is 4.98 Å². The minimum absolute atomic E-state index is 0.0252. The third-order valence-corrected chi connectivity index (χ3v) is 2.69. The van der Waals surface area contributed by atoms with Gasteiger partial charge in [0.2, 0.25) is 0 Å². The van der Waals surface area contributed by atoms with Gasteiger partial charge in [-0.15, -0.1) is 0 Å². The van der Waals surface area contributed by atoms with Crippen LogP contribution in [-0.2, 0) is 4.74 Å². The first-order valence-corrected chi connectivity index (χ1v) is 6.09. The molecule has 0 saturated carbocycles. The lowest BCUT2D eigenvalue weighted by molar-refractivity contribution is 0.102. The molecule has 5 heteroatoms. The molecular formula is C15H14FNO3. The Morgan fingerprint density at radius 3 is 2.75 bits per heavy atom. The molecule has 0 aliphatic rings. The second-order valence-electron chi connectivity index (χ2n) is 4.02. The van der Waals surface area contributed by atoms with E-state index in [-0.39, 0.29) is 5.56 Å². The summed E-state index contributed by atoms with van der Waals surface area (Å²) in [4.78, 5) is 16.0. The van der Waals surface area contributed by atoms with Gasteiger partial charge in [0, 0.05) is 13.3 Å². The highest BCUT2D eigenvalue weighted by atomic mass is 19.1. The molecular weight excluding hydrogens is 261 g/mol. The van der Waals surface area contributed by atoms with E-state index in [1.54, 1.807) is 31.4 Å². The Kier molecular flexibility index (Phi) is 4.79. The zero-order chi connectivity index (χ0) is 14.4. The minimum atomic E-state index is -0.649. The third kappa shape index (κ3) is 3.19. The highest BCUT2D eigenvalue weighted by Gasteiger charge is 2.17. The zero-order valence-electron chi connectivity index (χ0n) is 11.0. The van der Waals surface area contributed by atoms with Gasteiger partial charge in [0.05, 0.1) is 23.9 Å². The van der Waals surface area contributed by atoms with Gasteiger partial charge in [-0.2, -0.15) is 0 Å². The number of benzene rings is 1. The lowest BCUT2D eigenvalue weighted by Gasteiger charge is -2.10. The Balaban J connectivity index is 2.28. The van der Waals surface area contributed by atoms with Gasteiger partial charge in [-0.05, 0) is 18.2 Å². The first-order valence-electron chi connectivity index (χ1n) is 6.09. The number of nitrogens with zero attached hydrogens (tertiary/aromatic N) is 1. The van der Waals surface area contributed by atoms with Crippen LogP contribution >= 0.6 is 0 Å². The van der Waals surface area contributed by atoms with E-state index in [4.69, 9.17) is 9.47 Å². The van der Waals surface area contributed by atoms with Gasteiger partial charge in [-0.3, -0.25) is 9.78 Å². The summed E-state index contributed by atoms with van der Waals surface area (Å²) in [5.74, 6) is -0.673. The van der Waals surface area contributed by atoms with E-state index in [0.29, 0.717) is 24.5 Å². The normalized spacial score (nSPS) is 10.3. The van der Waals surface area contributed by atoms with Crippen molar-refractivity contribution in [3.63, 3.8) is 0 Å². The van der Waals surface area contributed by atoms with Crippen molar-refractivity contribution in [2.75, 3.05) is 20.3 Å². The van der Waals surface area contributed by atoms with Crippen LogP contribution in [0.15, 0.2) is 42.7 Å². The number of rotatable bonds is 6. The molecule has 0 fully saturated rings. The van der Waals surface area contributed by atoms with Crippen molar-refractivity contribution in [3.05, 3.63) is 59.7 Å². The lowest BCUT2D eigenvalue weighted by atomic mass is 10.0. The molecule has 104 valence electrons. The molecule has 1 aromatic heterocycles. The molecule has 1 aromatic carbocycles. The Bertz CT molecular complexity index is 601. The lowest BCUT2D eigenvalue weighted by Crippen LogP contribution is -2.10. The van der Waals surface area contributed by atoms with Crippen LogP contribution in [0.1, 0.15) is 15.9 Å². The fourth-order valence-electron chi connectivity index (χ4n) is 1.72. The molecule has 0 atom stereocenters. The third-order valence-electron chi connectivity index (χ3n) is 2.69. The van der Waals surface area contributed by atoms with Gasteiger partial charge in [-0.1, -0.05) is 12.1 Å². The quantitative estimate of drug-likeness (QED) is 0.600. The van der Waals surface area contributed by atoms with E-state index < -0.39 is 11.6 Å². The van der Waals surface area contributed by atoms with Crippen LogP contribution in [0, 0.1) is 5.82 Å². The summed E-state index contributed by atoms with van der Waals surface area (Å²) >= 11 is 0. The van der Waals surface area contributed by atoms with Crippen LogP contribution in [0.2, 0.25) is 0 Å². The maximum absolute atomic E-state index is 13.6. The Morgan fingerprint density at radius 1 is 1.20 bits per heavy atom. The molecule has 1 heterocycles. The highest BCUT2D eigenvalue weighted by molar-refractivity contribution is 6.10. The molecule has 0 aliphatic carbocycles. The first kappa shape index (κ1) is 14.1. The molecule has 0 amide bonds. The summed E-state index contributed by atoms with van der Waals surface area (Å²) in [6.45, 7) is 0.728. The predicted octanol–water partition coefficient (Wildman–Crippen LogP) is 2.48. The Labute approximate surface area is 116 Å². The van der Waals surface area contributed by atoms with Crippen molar-refractivity contribution in [2.45, 2.75) is 0 Å². The molecule has 0 unspecified atom stereocenters. The Hall–Kier alpha value is -2.27. The number of pyridine rings is 1.